The number of unbranched alkanes of at least 4 members (excludes halogenated alkanes) is 1. The van der Waals surface area contributed by atoms with Crippen LogP contribution in [0, 0.1) is 0 Å². The molecule has 0 aliphatic carbocycles. The molecule has 0 bridgehead atoms. The van der Waals surface area contributed by atoms with Gasteiger partial charge in [-0.25, -0.2) is 9.59 Å². The van der Waals surface area contributed by atoms with Gasteiger partial charge in [0.2, 0.25) is 6.29 Å². The van der Waals surface area contributed by atoms with E-state index in [0.717, 1.165) is 19.3 Å². The van der Waals surface area contributed by atoms with Crippen LogP contribution < -0.4 is 0 Å². The second-order valence-electron chi connectivity index (χ2n) is 4.70. The lowest BCUT2D eigenvalue weighted by atomic mass is 10.1. The Morgan fingerprint density at radius 1 is 1.14 bits per heavy atom. The second kappa shape index (κ2) is 9.13. The van der Waals surface area contributed by atoms with Gasteiger partial charge in [-0.1, -0.05) is 38.8 Å². The number of carboxylic acid groups (broad SMARTS) is 1. The fourth-order valence-electron chi connectivity index (χ4n) is 1.80. The van der Waals surface area contributed by atoms with E-state index < -0.39 is 18.2 Å². The number of carbonyl (C=O) groups excluding carboxylic acids is 1. The molecule has 0 amide bonds. The lowest BCUT2D eigenvalue weighted by molar-refractivity contribution is -0.114. The number of carboxylic acids is 1. The SMILES string of the molecule is CCCCOC(CCC)OC(=O)c1ccccc1C(=O)O. The Morgan fingerprint density at radius 2 is 1.81 bits per heavy atom. The van der Waals surface area contributed by atoms with Gasteiger partial charge in [-0.2, -0.15) is 0 Å². The first-order valence-electron chi connectivity index (χ1n) is 7.25. The van der Waals surface area contributed by atoms with Crippen molar-refractivity contribution in [3.05, 3.63) is 35.4 Å². The molecular weight excluding hydrogens is 272 g/mol. The molecule has 1 rings (SSSR count). The van der Waals surface area contributed by atoms with Crippen molar-refractivity contribution in [2.45, 2.75) is 45.8 Å². The quantitative estimate of drug-likeness (QED) is 0.429. The van der Waals surface area contributed by atoms with Crippen molar-refractivity contribution >= 4 is 11.9 Å². The zero-order chi connectivity index (χ0) is 15.7. The third kappa shape index (κ3) is 5.55. The van der Waals surface area contributed by atoms with Crippen molar-refractivity contribution in [1.29, 1.82) is 0 Å². The van der Waals surface area contributed by atoms with Crippen molar-refractivity contribution in [3.63, 3.8) is 0 Å². The molecule has 0 aliphatic rings. The molecule has 1 N–H and O–H groups in total. The van der Waals surface area contributed by atoms with Gasteiger partial charge in [0.05, 0.1) is 17.7 Å². The molecule has 5 nitrogen and oxygen atoms in total. The zero-order valence-electron chi connectivity index (χ0n) is 12.5. The number of ether oxygens (including phenoxy) is 2. The average Bonchev–Trinajstić information content (AvgIpc) is 2.47. The van der Waals surface area contributed by atoms with Crippen LogP contribution in [0.15, 0.2) is 24.3 Å². The van der Waals surface area contributed by atoms with Gasteiger partial charge in [0, 0.05) is 6.42 Å². The summed E-state index contributed by atoms with van der Waals surface area (Å²) in [7, 11) is 0. The normalized spacial score (nSPS) is 11.9. The molecule has 0 radical (unpaired) electrons. The van der Waals surface area contributed by atoms with Gasteiger partial charge in [0.15, 0.2) is 0 Å². The minimum absolute atomic E-state index is 0.0465. The van der Waals surface area contributed by atoms with Crippen LogP contribution in [0.2, 0.25) is 0 Å². The Bertz CT molecular complexity index is 469. The predicted octanol–water partition coefficient (Wildman–Crippen LogP) is 3.48. The van der Waals surface area contributed by atoms with Gasteiger partial charge in [0.1, 0.15) is 0 Å². The minimum atomic E-state index is -1.15. The Morgan fingerprint density at radius 3 is 2.38 bits per heavy atom. The van der Waals surface area contributed by atoms with Crippen molar-refractivity contribution < 1.29 is 24.2 Å². The van der Waals surface area contributed by atoms with Crippen LogP contribution >= 0.6 is 0 Å². The van der Waals surface area contributed by atoms with Crippen LogP contribution in [0.3, 0.4) is 0 Å². The molecule has 1 aromatic carbocycles. The third-order valence-corrected chi connectivity index (χ3v) is 2.94. The fraction of sp³-hybridized carbons (Fsp3) is 0.500. The number of benzene rings is 1. The number of aromatic carboxylic acids is 1. The summed E-state index contributed by atoms with van der Waals surface area (Å²) in [5, 5.41) is 9.09. The van der Waals surface area contributed by atoms with E-state index in [2.05, 4.69) is 0 Å². The summed E-state index contributed by atoms with van der Waals surface area (Å²) in [5.41, 5.74) is -0.0171. The maximum Gasteiger partial charge on any atom is 0.341 e. The van der Waals surface area contributed by atoms with Crippen LogP contribution in [0.5, 0.6) is 0 Å². The van der Waals surface area contributed by atoms with Gasteiger partial charge >= 0.3 is 11.9 Å². The summed E-state index contributed by atoms with van der Waals surface area (Å²) in [6.45, 7) is 4.54. The Balaban J connectivity index is 2.75. The molecule has 0 fully saturated rings. The molecular formula is C16H22O5. The van der Waals surface area contributed by atoms with Crippen LogP contribution in [-0.4, -0.2) is 29.9 Å². The van der Waals surface area contributed by atoms with Crippen LogP contribution in [-0.2, 0) is 9.47 Å². The summed E-state index contributed by atoms with van der Waals surface area (Å²) < 4.78 is 10.8. The highest BCUT2D eigenvalue weighted by atomic mass is 16.7. The second-order valence-corrected chi connectivity index (χ2v) is 4.70. The molecule has 1 unspecified atom stereocenters. The van der Waals surface area contributed by atoms with Crippen molar-refractivity contribution in [3.8, 4) is 0 Å². The lowest BCUT2D eigenvalue weighted by Gasteiger charge is -2.18. The highest BCUT2D eigenvalue weighted by molar-refractivity contribution is 6.02. The molecule has 0 aromatic heterocycles. The largest absolute Gasteiger partial charge is 0.478 e. The Kier molecular flexibility index (Phi) is 7.46. The smallest absolute Gasteiger partial charge is 0.341 e. The summed E-state index contributed by atoms with van der Waals surface area (Å²) in [6, 6.07) is 6.00. The summed E-state index contributed by atoms with van der Waals surface area (Å²) in [5.74, 6) is -1.82. The van der Waals surface area contributed by atoms with E-state index in [1.165, 1.54) is 12.1 Å². The molecule has 21 heavy (non-hydrogen) atoms. The maximum absolute atomic E-state index is 12.1. The fourth-order valence-corrected chi connectivity index (χ4v) is 1.80. The topological polar surface area (TPSA) is 72.8 Å². The van der Waals surface area contributed by atoms with E-state index in [4.69, 9.17) is 14.6 Å². The standard InChI is InChI=1S/C16H22O5/c1-3-5-11-20-14(8-4-2)21-16(19)13-10-7-6-9-12(13)15(17)18/h6-7,9-10,14H,3-5,8,11H2,1-2H3,(H,17,18). The number of hydrogen-bond acceptors (Lipinski definition) is 4. The molecule has 0 saturated heterocycles. The van der Waals surface area contributed by atoms with Gasteiger partial charge in [-0.05, 0) is 18.6 Å². The molecule has 0 aliphatic heterocycles. The first-order chi connectivity index (χ1) is 10.1. The van der Waals surface area contributed by atoms with Crippen LogP contribution in [0.25, 0.3) is 0 Å². The molecule has 116 valence electrons. The van der Waals surface area contributed by atoms with Crippen molar-refractivity contribution in [2.24, 2.45) is 0 Å². The zero-order valence-corrected chi connectivity index (χ0v) is 12.5. The van der Waals surface area contributed by atoms with Crippen LogP contribution in [0.1, 0.15) is 60.2 Å². The maximum atomic E-state index is 12.1. The highest BCUT2D eigenvalue weighted by Gasteiger charge is 2.20. The Hall–Kier alpha value is -1.88. The van der Waals surface area contributed by atoms with Gasteiger partial charge in [0.25, 0.3) is 0 Å². The Labute approximate surface area is 124 Å². The van der Waals surface area contributed by atoms with E-state index in [0.29, 0.717) is 13.0 Å². The van der Waals surface area contributed by atoms with Crippen molar-refractivity contribution in [2.75, 3.05) is 6.61 Å². The number of hydrogen-bond donors (Lipinski definition) is 1. The average molecular weight is 294 g/mol. The lowest BCUT2D eigenvalue weighted by Crippen LogP contribution is -2.23. The molecule has 1 atom stereocenters. The highest BCUT2D eigenvalue weighted by Crippen LogP contribution is 2.14. The van der Waals surface area contributed by atoms with E-state index >= 15 is 0 Å². The van der Waals surface area contributed by atoms with Gasteiger partial charge < -0.3 is 14.6 Å². The number of esters is 1. The monoisotopic (exact) mass is 294 g/mol. The van der Waals surface area contributed by atoms with Crippen molar-refractivity contribution in [1.82, 2.24) is 0 Å². The molecule has 5 heteroatoms. The van der Waals surface area contributed by atoms with E-state index in [1.54, 1.807) is 12.1 Å². The number of carbonyl (C=O) groups is 2. The number of rotatable bonds is 9. The van der Waals surface area contributed by atoms with E-state index in [-0.39, 0.29) is 11.1 Å². The predicted molar refractivity (Wildman–Crippen MR) is 78.4 cm³/mol. The van der Waals surface area contributed by atoms with Gasteiger partial charge in [-0.3, -0.25) is 0 Å². The molecule has 0 saturated carbocycles. The molecule has 1 aromatic rings. The first-order valence-corrected chi connectivity index (χ1v) is 7.25. The summed E-state index contributed by atoms with van der Waals surface area (Å²) in [6.07, 6.45) is 2.66. The first kappa shape index (κ1) is 17.2. The van der Waals surface area contributed by atoms with Gasteiger partial charge in [-0.15, -0.1) is 0 Å². The third-order valence-electron chi connectivity index (χ3n) is 2.94. The molecule has 0 spiro atoms. The van der Waals surface area contributed by atoms with E-state index in [1.807, 2.05) is 13.8 Å². The van der Waals surface area contributed by atoms with Crippen LogP contribution in [0.4, 0.5) is 0 Å². The minimum Gasteiger partial charge on any atom is -0.478 e. The summed E-state index contributed by atoms with van der Waals surface area (Å²) >= 11 is 0. The van der Waals surface area contributed by atoms with E-state index in [9.17, 15) is 9.59 Å². The summed E-state index contributed by atoms with van der Waals surface area (Å²) in [4.78, 5) is 23.2. The molecule has 0 heterocycles.